The minimum absolute atomic E-state index is 0.154. The van der Waals surface area contributed by atoms with Crippen molar-refractivity contribution >= 4 is 17.7 Å². The summed E-state index contributed by atoms with van der Waals surface area (Å²) in [4.78, 5) is 15.2. The maximum atomic E-state index is 13.2. The van der Waals surface area contributed by atoms with E-state index in [1.165, 1.54) is 0 Å². The molecule has 1 aliphatic carbocycles. The standard InChI is InChI=1S/C16H28N2O2S/c1-4-11-10-18(7-9-21-11)14(19)16(17)12-6-5-8-20-13(12)15(16,2)3/h11-13H,4-10,17H2,1-3H3. The molecule has 2 N–H and O–H groups in total. The number of rotatable bonds is 2. The molecular formula is C16H28N2O2S. The number of ether oxygens (including phenoxy) is 1. The molecule has 4 unspecified atom stereocenters. The van der Waals surface area contributed by atoms with E-state index < -0.39 is 5.54 Å². The van der Waals surface area contributed by atoms with E-state index in [1.807, 2.05) is 16.7 Å². The van der Waals surface area contributed by atoms with E-state index >= 15 is 0 Å². The lowest BCUT2D eigenvalue weighted by molar-refractivity contribution is -0.230. The fourth-order valence-electron chi connectivity index (χ4n) is 4.42. The molecule has 4 nitrogen and oxygen atoms in total. The predicted octanol–water partition coefficient (Wildman–Crippen LogP) is 1.87. The van der Waals surface area contributed by atoms with Gasteiger partial charge in [0.25, 0.3) is 0 Å². The van der Waals surface area contributed by atoms with Crippen molar-refractivity contribution in [2.75, 3.05) is 25.4 Å². The molecule has 0 aromatic rings. The molecule has 3 fully saturated rings. The van der Waals surface area contributed by atoms with Crippen LogP contribution in [0.1, 0.15) is 40.0 Å². The van der Waals surface area contributed by atoms with Crippen LogP contribution in [0.5, 0.6) is 0 Å². The molecular weight excluding hydrogens is 284 g/mol. The van der Waals surface area contributed by atoms with Gasteiger partial charge in [-0.2, -0.15) is 11.8 Å². The largest absolute Gasteiger partial charge is 0.377 e. The number of amides is 1. The van der Waals surface area contributed by atoms with Crippen molar-refractivity contribution in [2.24, 2.45) is 17.1 Å². The maximum Gasteiger partial charge on any atom is 0.243 e. The first kappa shape index (κ1) is 15.6. The predicted molar refractivity (Wildman–Crippen MR) is 86.3 cm³/mol. The Balaban J connectivity index is 1.79. The molecule has 0 radical (unpaired) electrons. The molecule has 120 valence electrons. The maximum absolute atomic E-state index is 13.2. The van der Waals surface area contributed by atoms with E-state index in [9.17, 15) is 4.79 Å². The van der Waals surface area contributed by atoms with Crippen LogP contribution in [0.4, 0.5) is 0 Å². The first-order valence-electron chi connectivity index (χ1n) is 8.24. The van der Waals surface area contributed by atoms with Gasteiger partial charge in [-0.05, 0) is 19.3 Å². The summed E-state index contributed by atoms with van der Waals surface area (Å²) < 4.78 is 5.91. The average molecular weight is 312 g/mol. The van der Waals surface area contributed by atoms with E-state index in [1.54, 1.807) is 0 Å². The lowest BCUT2D eigenvalue weighted by atomic mass is 9.46. The molecule has 0 bridgehead atoms. The van der Waals surface area contributed by atoms with Crippen LogP contribution in [0.3, 0.4) is 0 Å². The van der Waals surface area contributed by atoms with Crippen LogP contribution in [0.2, 0.25) is 0 Å². The second kappa shape index (κ2) is 5.43. The summed E-state index contributed by atoms with van der Waals surface area (Å²) in [5, 5.41) is 0.563. The number of nitrogens with two attached hydrogens (primary N) is 1. The zero-order valence-corrected chi connectivity index (χ0v) is 14.2. The Hall–Kier alpha value is -0.260. The quantitative estimate of drug-likeness (QED) is 0.846. The second-order valence-corrected chi connectivity index (χ2v) is 8.69. The Morgan fingerprint density at radius 2 is 2.24 bits per heavy atom. The van der Waals surface area contributed by atoms with Crippen molar-refractivity contribution < 1.29 is 9.53 Å². The first-order chi connectivity index (χ1) is 9.92. The Kier molecular flexibility index (Phi) is 4.04. The highest BCUT2D eigenvalue weighted by molar-refractivity contribution is 8.00. The average Bonchev–Trinajstić information content (AvgIpc) is 2.53. The van der Waals surface area contributed by atoms with E-state index in [0.717, 1.165) is 44.7 Å². The number of nitrogens with zero attached hydrogens (tertiary/aromatic N) is 1. The Morgan fingerprint density at radius 3 is 2.95 bits per heavy atom. The third-order valence-corrected chi connectivity index (χ3v) is 7.29. The fourth-order valence-corrected chi connectivity index (χ4v) is 5.60. The van der Waals surface area contributed by atoms with E-state index in [0.29, 0.717) is 5.25 Å². The van der Waals surface area contributed by atoms with Crippen LogP contribution in [0.15, 0.2) is 0 Å². The smallest absolute Gasteiger partial charge is 0.243 e. The van der Waals surface area contributed by atoms with Crippen molar-refractivity contribution in [1.82, 2.24) is 4.90 Å². The number of carbonyl (C=O) groups is 1. The van der Waals surface area contributed by atoms with E-state index in [4.69, 9.17) is 10.5 Å². The number of thioether (sulfide) groups is 1. The lowest BCUT2D eigenvalue weighted by Gasteiger charge is -2.66. The summed E-state index contributed by atoms with van der Waals surface area (Å²) in [7, 11) is 0. The monoisotopic (exact) mass is 312 g/mol. The highest BCUT2D eigenvalue weighted by Gasteiger charge is 2.70. The molecule has 21 heavy (non-hydrogen) atoms. The summed E-state index contributed by atoms with van der Waals surface area (Å²) >= 11 is 1.98. The molecule has 5 heteroatoms. The zero-order chi connectivity index (χ0) is 15.3. The Morgan fingerprint density at radius 1 is 1.48 bits per heavy atom. The van der Waals surface area contributed by atoms with Crippen molar-refractivity contribution in [3.05, 3.63) is 0 Å². The van der Waals surface area contributed by atoms with Gasteiger partial charge in [0.15, 0.2) is 0 Å². The molecule has 3 aliphatic rings. The molecule has 0 spiro atoms. The number of hydrogen-bond acceptors (Lipinski definition) is 4. The van der Waals surface area contributed by atoms with Crippen molar-refractivity contribution in [2.45, 2.75) is 56.9 Å². The molecule has 0 aromatic carbocycles. The Bertz CT molecular complexity index is 429. The second-order valence-electron chi connectivity index (χ2n) is 7.28. The molecule has 1 amide bonds. The summed E-state index contributed by atoms with van der Waals surface area (Å²) in [6.07, 6.45) is 3.32. The summed E-state index contributed by atoms with van der Waals surface area (Å²) in [6.45, 7) is 8.91. The third-order valence-electron chi connectivity index (χ3n) is 5.92. The fraction of sp³-hybridized carbons (Fsp3) is 0.938. The van der Waals surface area contributed by atoms with Crippen molar-refractivity contribution in [3.8, 4) is 0 Å². The highest BCUT2D eigenvalue weighted by atomic mass is 32.2. The van der Waals surface area contributed by atoms with Gasteiger partial charge in [0.1, 0.15) is 5.54 Å². The topological polar surface area (TPSA) is 55.6 Å². The van der Waals surface area contributed by atoms with Crippen LogP contribution in [-0.4, -0.2) is 53.1 Å². The lowest BCUT2D eigenvalue weighted by Crippen LogP contribution is -2.82. The van der Waals surface area contributed by atoms with Gasteiger partial charge in [-0.15, -0.1) is 0 Å². The number of carbonyl (C=O) groups excluding carboxylic acids is 1. The van der Waals surface area contributed by atoms with E-state index in [-0.39, 0.29) is 23.3 Å². The minimum atomic E-state index is -0.738. The third kappa shape index (κ3) is 2.15. The van der Waals surface area contributed by atoms with Crippen molar-refractivity contribution in [1.29, 1.82) is 0 Å². The summed E-state index contributed by atoms with van der Waals surface area (Å²) in [5.74, 6) is 1.40. The molecule has 0 aromatic heterocycles. The van der Waals surface area contributed by atoms with Gasteiger partial charge in [0.2, 0.25) is 5.91 Å². The summed E-state index contributed by atoms with van der Waals surface area (Å²) in [5.41, 5.74) is 5.72. The van der Waals surface area contributed by atoms with Gasteiger partial charge >= 0.3 is 0 Å². The molecule has 3 rings (SSSR count). The zero-order valence-electron chi connectivity index (χ0n) is 13.4. The normalized spacial score (nSPS) is 42.1. The van der Waals surface area contributed by atoms with Gasteiger partial charge in [0.05, 0.1) is 6.10 Å². The molecule has 1 saturated carbocycles. The Labute approximate surface area is 132 Å². The van der Waals surface area contributed by atoms with Gasteiger partial charge in [-0.1, -0.05) is 20.8 Å². The van der Waals surface area contributed by atoms with E-state index in [2.05, 4.69) is 20.8 Å². The SMILES string of the molecule is CCC1CN(C(=O)C2(N)C3CCCOC3C2(C)C)CCS1. The van der Waals surface area contributed by atoms with Gasteiger partial charge in [-0.25, -0.2) is 0 Å². The van der Waals surface area contributed by atoms with Crippen LogP contribution < -0.4 is 5.73 Å². The minimum Gasteiger partial charge on any atom is -0.377 e. The van der Waals surface area contributed by atoms with Gasteiger partial charge in [-0.3, -0.25) is 4.79 Å². The van der Waals surface area contributed by atoms with Crippen LogP contribution in [0, 0.1) is 11.3 Å². The molecule has 2 aliphatic heterocycles. The molecule has 2 heterocycles. The highest BCUT2D eigenvalue weighted by Crippen LogP contribution is 2.58. The first-order valence-corrected chi connectivity index (χ1v) is 9.29. The summed E-state index contributed by atoms with van der Waals surface area (Å²) in [6, 6.07) is 0. The van der Waals surface area contributed by atoms with Crippen LogP contribution >= 0.6 is 11.8 Å². The molecule has 4 atom stereocenters. The van der Waals surface area contributed by atoms with Crippen LogP contribution in [-0.2, 0) is 9.53 Å². The number of fused-ring (bicyclic) bond motifs is 1. The number of hydrogen-bond donors (Lipinski definition) is 1. The van der Waals surface area contributed by atoms with Crippen LogP contribution in [0.25, 0.3) is 0 Å². The van der Waals surface area contributed by atoms with Gasteiger partial charge in [0, 0.05) is 42.0 Å². The van der Waals surface area contributed by atoms with Gasteiger partial charge < -0.3 is 15.4 Å². The van der Waals surface area contributed by atoms with Crippen molar-refractivity contribution in [3.63, 3.8) is 0 Å². The molecule has 2 saturated heterocycles.